The van der Waals surface area contributed by atoms with Crippen molar-refractivity contribution in [2.75, 3.05) is 5.75 Å². The van der Waals surface area contributed by atoms with Crippen LogP contribution in [0.25, 0.3) is 27.5 Å². The number of fused-ring (bicyclic) bond motifs is 4. The summed E-state index contributed by atoms with van der Waals surface area (Å²) < 4.78 is 2.07. The predicted octanol–water partition coefficient (Wildman–Crippen LogP) is 5.26. The van der Waals surface area contributed by atoms with E-state index in [9.17, 15) is 4.79 Å². The molecule has 144 valence electrons. The fourth-order valence-electron chi connectivity index (χ4n) is 4.02. The second kappa shape index (κ2) is 6.74. The monoisotopic (exact) mass is 400 g/mol. The molecule has 0 aliphatic heterocycles. The van der Waals surface area contributed by atoms with Crippen molar-refractivity contribution in [1.82, 2.24) is 19.6 Å². The van der Waals surface area contributed by atoms with E-state index in [2.05, 4.69) is 58.6 Å². The third-order valence-corrected chi connectivity index (χ3v) is 6.25. The summed E-state index contributed by atoms with van der Waals surface area (Å²) in [4.78, 5) is 16.1. The average Bonchev–Trinajstić information content (AvgIpc) is 3.30. The Labute approximate surface area is 172 Å². The molecule has 29 heavy (non-hydrogen) atoms. The van der Waals surface area contributed by atoms with E-state index in [1.165, 1.54) is 33.8 Å². The maximum absolute atomic E-state index is 12.9. The van der Waals surface area contributed by atoms with Gasteiger partial charge in [-0.25, -0.2) is 0 Å². The van der Waals surface area contributed by atoms with E-state index >= 15 is 0 Å². The van der Waals surface area contributed by atoms with Crippen molar-refractivity contribution < 1.29 is 4.79 Å². The van der Waals surface area contributed by atoms with Crippen molar-refractivity contribution in [2.24, 2.45) is 0 Å². The number of aromatic amines is 1. The van der Waals surface area contributed by atoms with Gasteiger partial charge in [0.2, 0.25) is 0 Å². The molecule has 1 N–H and O–H groups in total. The Morgan fingerprint density at radius 3 is 2.72 bits per heavy atom. The Balaban J connectivity index is 1.54. The van der Waals surface area contributed by atoms with E-state index in [4.69, 9.17) is 0 Å². The molecule has 0 saturated heterocycles. The lowest BCUT2D eigenvalue weighted by molar-refractivity contribution is 0.102. The summed E-state index contributed by atoms with van der Waals surface area (Å²) >= 11 is 1.43. The number of rotatable bonds is 4. The van der Waals surface area contributed by atoms with E-state index in [-0.39, 0.29) is 5.78 Å². The first-order chi connectivity index (χ1) is 14.0. The van der Waals surface area contributed by atoms with Gasteiger partial charge in [0.05, 0.1) is 11.3 Å². The van der Waals surface area contributed by atoms with Gasteiger partial charge in [0, 0.05) is 28.0 Å². The molecule has 5 aromatic rings. The molecule has 5 nitrogen and oxygen atoms in total. The number of aryl methyl sites for hydroxylation is 3. The van der Waals surface area contributed by atoms with Gasteiger partial charge in [-0.2, -0.15) is 0 Å². The lowest BCUT2D eigenvalue weighted by Crippen LogP contribution is -2.03. The third-order valence-electron chi connectivity index (χ3n) is 5.32. The smallest absolute Gasteiger partial charge is 0.196 e. The number of para-hydroxylation sites is 1. The van der Waals surface area contributed by atoms with Crippen molar-refractivity contribution in [3.8, 4) is 0 Å². The highest BCUT2D eigenvalue weighted by Crippen LogP contribution is 2.29. The molecule has 0 bridgehead atoms. The number of hydrogen-bond acceptors (Lipinski definition) is 4. The van der Waals surface area contributed by atoms with Gasteiger partial charge in [-0.15, -0.1) is 10.2 Å². The Morgan fingerprint density at radius 2 is 1.86 bits per heavy atom. The van der Waals surface area contributed by atoms with Crippen LogP contribution in [0, 0.1) is 20.8 Å². The molecule has 0 unspecified atom stereocenters. The zero-order valence-electron chi connectivity index (χ0n) is 16.5. The fraction of sp³-hybridized carbons (Fsp3) is 0.174. The summed E-state index contributed by atoms with van der Waals surface area (Å²) in [5.41, 5.74) is 7.20. The molecule has 0 radical (unpaired) electrons. The Morgan fingerprint density at radius 1 is 1.03 bits per heavy atom. The Hall–Kier alpha value is -3.12. The van der Waals surface area contributed by atoms with Crippen molar-refractivity contribution in [3.05, 3.63) is 70.9 Å². The van der Waals surface area contributed by atoms with E-state index < -0.39 is 0 Å². The number of thioether (sulfide) groups is 1. The van der Waals surface area contributed by atoms with E-state index in [0.29, 0.717) is 5.75 Å². The molecule has 0 fully saturated rings. The van der Waals surface area contributed by atoms with Crippen LogP contribution in [0.5, 0.6) is 0 Å². The van der Waals surface area contributed by atoms with Crippen molar-refractivity contribution in [2.45, 2.75) is 25.9 Å². The van der Waals surface area contributed by atoms with Gasteiger partial charge in [0.15, 0.2) is 16.6 Å². The van der Waals surface area contributed by atoms with Gasteiger partial charge in [-0.3, -0.25) is 9.20 Å². The predicted molar refractivity (Wildman–Crippen MR) is 118 cm³/mol. The normalized spacial score (nSPS) is 11.7. The van der Waals surface area contributed by atoms with Crippen LogP contribution in [0.4, 0.5) is 0 Å². The van der Waals surface area contributed by atoms with Gasteiger partial charge in [-0.05, 0) is 50.1 Å². The molecule has 3 heterocycles. The molecular weight excluding hydrogens is 380 g/mol. The summed E-state index contributed by atoms with van der Waals surface area (Å²) in [7, 11) is 0. The number of ketones is 1. The van der Waals surface area contributed by atoms with Gasteiger partial charge in [0.1, 0.15) is 0 Å². The molecule has 0 saturated carbocycles. The van der Waals surface area contributed by atoms with Crippen LogP contribution in [0.1, 0.15) is 27.0 Å². The van der Waals surface area contributed by atoms with Crippen LogP contribution in [0.15, 0.2) is 53.8 Å². The van der Waals surface area contributed by atoms with Crippen molar-refractivity contribution in [1.29, 1.82) is 0 Å². The van der Waals surface area contributed by atoms with E-state index in [1.807, 2.05) is 24.3 Å². The molecule has 0 spiro atoms. The van der Waals surface area contributed by atoms with Crippen LogP contribution >= 0.6 is 11.8 Å². The number of carbonyl (C=O) groups is 1. The number of nitrogens with zero attached hydrogens (tertiary/aromatic N) is 3. The second-order valence-electron chi connectivity index (χ2n) is 7.44. The summed E-state index contributed by atoms with van der Waals surface area (Å²) in [6, 6.07) is 14.3. The first kappa shape index (κ1) is 17.9. The number of Topliss-reactive ketones (excluding diaryl/α,β-unsaturated/α-hetero) is 1. The molecule has 5 rings (SSSR count). The average molecular weight is 401 g/mol. The highest BCUT2D eigenvalue weighted by Gasteiger charge is 2.17. The van der Waals surface area contributed by atoms with Gasteiger partial charge in [0.25, 0.3) is 0 Å². The Bertz CT molecular complexity index is 1410. The lowest BCUT2D eigenvalue weighted by atomic mass is 10.0. The zero-order chi connectivity index (χ0) is 20.1. The number of hydrogen-bond donors (Lipinski definition) is 1. The molecule has 3 aromatic heterocycles. The van der Waals surface area contributed by atoms with E-state index in [1.54, 1.807) is 6.20 Å². The number of pyridine rings is 1. The van der Waals surface area contributed by atoms with Crippen LogP contribution in [-0.2, 0) is 0 Å². The second-order valence-corrected chi connectivity index (χ2v) is 8.38. The van der Waals surface area contributed by atoms with Crippen molar-refractivity contribution >= 4 is 45.0 Å². The van der Waals surface area contributed by atoms with E-state index in [0.717, 1.165) is 32.8 Å². The van der Waals surface area contributed by atoms with Crippen LogP contribution in [-0.4, -0.2) is 31.1 Å². The molecule has 2 aromatic carbocycles. The number of benzene rings is 2. The number of aromatic nitrogens is 4. The largest absolute Gasteiger partial charge is 0.360 e. The highest BCUT2D eigenvalue weighted by atomic mass is 32.2. The molecule has 6 heteroatoms. The molecule has 0 atom stereocenters. The number of H-pyrrole nitrogens is 1. The van der Waals surface area contributed by atoms with Crippen LogP contribution in [0.2, 0.25) is 0 Å². The topological polar surface area (TPSA) is 63.0 Å². The van der Waals surface area contributed by atoms with Gasteiger partial charge >= 0.3 is 0 Å². The summed E-state index contributed by atoms with van der Waals surface area (Å²) in [5, 5.41) is 11.6. The van der Waals surface area contributed by atoms with Crippen molar-refractivity contribution in [3.63, 3.8) is 0 Å². The fourth-order valence-corrected chi connectivity index (χ4v) is 4.85. The summed E-state index contributed by atoms with van der Waals surface area (Å²) in [6.45, 7) is 6.32. The zero-order valence-corrected chi connectivity index (χ0v) is 17.3. The number of carbonyl (C=O) groups excluding carboxylic acids is 1. The van der Waals surface area contributed by atoms with Crippen LogP contribution in [0.3, 0.4) is 0 Å². The Kier molecular flexibility index (Phi) is 4.17. The minimum Gasteiger partial charge on any atom is -0.360 e. The molecule has 0 aliphatic rings. The SMILES string of the molecule is Cc1cc(C)c2c(c1)c(C)cc1nnc(SCC(=O)c3c[nH]c4ccccc34)n12. The quantitative estimate of drug-likeness (QED) is 0.330. The first-order valence-corrected chi connectivity index (χ1v) is 10.5. The van der Waals surface area contributed by atoms with Gasteiger partial charge < -0.3 is 4.98 Å². The highest BCUT2D eigenvalue weighted by molar-refractivity contribution is 7.99. The van der Waals surface area contributed by atoms with Crippen LogP contribution < -0.4 is 0 Å². The summed E-state index contributed by atoms with van der Waals surface area (Å²) in [5.74, 6) is 0.385. The third kappa shape index (κ3) is 2.91. The molecular formula is C23H20N4OS. The number of nitrogens with one attached hydrogen (secondary N) is 1. The standard InChI is InChI=1S/C23H20N4OS/c1-13-8-15(3)22-17(9-13)14(2)10-21-25-26-23(27(21)22)29-12-20(28)18-11-24-19-7-5-4-6-16(18)19/h4-11,24H,12H2,1-3H3. The summed E-state index contributed by atoms with van der Waals surface area (Å²) in [6.07, 6.45) is 1.79. The maximum atomic E-state index is 12.9. The lowest BCUT2D eigenvalue weighted by Gasteiger charge is -2.11. The maximum Gasteiger partial charge on any atom is 0.196 e. The molecule has 0 aliphatic carbocycles. The minimum atomic E-state index is 0.0770. The first-order valence-electron chi connectivity index (χ1n) is 9.51. The van der Waals surface area contributed by atoms with Gasteiger partial charge in [-0.1, -0.05) is 41.6 Å². The minimum absolute atomic E-state index is 0.0770. The molecule has 0 amide bonds.